The molecule has 0 spiro atoms. The smallest absolute Gasteiger partial charge is 0.182 e. The molecule has 6 rings (SSSR count). The Hall–Kier alpha value is -2.19. The summed E-state index contributed by atoms with van der Waals surface area (Å²) in [4.78, 5) is 5.10. The van der Waals surface area contributed by atoms with Gasteiger partial charge < -0.3 is 4.74 Å². The van der Waals surface area contributed by atoms with Crippen LogP contribution in [0.2, 0.25) is 0 Å². The Morgan fingerprint density at radius 3 is 2.26 bits per heavy atom. The number of aromatic amines is 1. The highest BCUT2D eigenvalue weighted by Gasteiger charge is 2.50. The fourth-order valence-electron chi connectivity index (χ4n) is 5.67. The summed E-state index contributed by atoms with van der Waals surface area (Å²) in [5.74, 6) is 4.79. The molecule has 162 valence electrons. The third kappa shape index (κ3) is 3.69. The number of H-pyrrole nitrogens is 1. The van der Waals surface area contributed by atoms with Gasteiger partial charge in [0, 0.05) is 5.92 Å². The van der Waals surface area contributed by atoms with Crippen molar-refractivity contribution >= 4 is 0 Å². The lowest BCUT2D eigenvalue weighted by atomic mass is 9.65. The zero-order valence-electron chi connectivity index (χ0n) is 18.2. The van der Waals surface area contributed by atoms with E-state index in [2.05, 4.69) is 23.3 Å². The van der Waals surface area contributed by atoms with Crippen LogP contribution in [0.15, 0.2) is 30.3 Å². The van der Waals surface area contributed by atoms with Gasteiger partial charge in [0.15, 0.2) is 5.82 Å². The fraction of sp³-hybridized carbons (Fsp3) is 0.654. The lowest BCUT2D eigenvalue weighted by molar-refractivity contribution is -0.0937. The Labute approximate surface area is 184 Å². The van der Waals surface area contributed by atoms with E-state index in [-0.39, 0.29) is 0 Å². The molecule has 0 amide bonds. The van der Waals surface area contributed by atoms with E-state index < -0.39 is 11.0 Å². The van der Waals surface area contributed by atoms with Crippen molar-refractivity contribution in [1.29, 1.82) is 5.26 Å². The molecule has 0 radical (unpaired) electrons. The predicted molar refractivity (Wildman–Crippen MR) is 117 cm³/mol. The van der Waals surface area contributed by atoms with Crippen molar-refractivity contribution in [3.05, 3.63) is 47.5 Å². The highest BCUT2D eigenvalue weighted by atomic mass is 16.5. The third-order valence-corrected chi connectivity index (χ3v) is 8.23. The number of aromatic nitrogens is 3. The molecule has 4 aliphatic rings. The number of rotatable bonds is 8. The molecule has 0 bridgehead atoms. The Bertz CT molecular complexity index is 945. The number of hydrogen-bond acceptors (Lipinski definition) is 4. The Morgan fingerprint density at radius 1 is 1.00 bits per heavy atom. The SMILES string of the molecule is N#CC1(c2ccccc2)CCC(OCC2CC2)(c2n[nH]c(C(C3CC3)C3CC3)n2)CC1. The normalized spacial score (nSPS) is 31.0. The van der Waals surface area contributed by atoms with E-state index in [1.165, 1.54) is 38.5 Å². The van der Waals surface area contributed by atoms with Crippen LogP contribution in [0.1, 0.15) is 87.3 Å². The zero-order chi connectivity index (χ0) is 20.9. The molecule has 1 N–H and O–H groups in total. The molecule has 0 aliphatic heterocycles. The summed E-state index contributed by atoms with van der Waals surface area (Å²) >= 11 is 0. The molecule has 1 aromatic carbocycles. The number of nitrogens with zero attached hydrogens (tertiary/aromatic N) is 3. The van der Waals surface area contributed by atoms with E-state index >= 15 is 0 Å². The maximum absolute atomic E-state index is 10.1. The van der Waals surface area contributed by atoms with Crippen LogP contribution in [0, 0.1) is 29.1 Å². The molecule has 31 heavy (non-hydrogen) atoms. The van der Waals surface area contributed by atoms with Crippen molar-refractivity contribution in [2.24, 2.45) is 17.8 Å². The van der Waals surface area contributed by atoms with Crippen LogP contribution in [-0.2, 0) is 15.8 Å². The predicted octanol–water partition coefficient (Wildman–Crippen LogP) is 5.37. The maximum atomic E-state index is 10.1. The fourth-order valence-corrected chi connectivity index (χ4v) is 5.67. The summed E-state index contributed by atoms with van der Waals surface area (Å²) < 4.78 is 6.65. The summed E-state index contributed by atoms with van der Waals surface area (Å²) in [6, 6.07) is 13.0. The van der Waals surface area contributed by atoms with Crippen molar-refractivity contribution < 1.29 is 4.74 Å². The first kappa shape index (κ1) is 19.5. The van der Waals surface area contributed by atoms with Crippen molar-refractivity contribution in [2.75, 3.05) is 6.61 Å². The van der Waals surface area contributed by atoms with Gasteiger partial charge in [-0.25, -0.2) is 4.98 Å². The number of nitriles is 1. The van der Waals surface area contributed by atoms with Crippen LogP contribution < -0.4 is 0 Å². The van der Waals surface area contributed by atoms with Gasteiger partial charge in [0.25, 0.3) is 0 Å². The first-order valence-electron chi connectivity index (χ1n) is 12.2. The van der Waals surface area contributed by atoms with Crippen molar-refractivity contribution in [3.8, 4) is 6.07 Å². The minimum atomic E-state index is -0.454. The van der Waals surface area contributed by atoms with Crippen LogP contribution in [0.3, 0.4) is 0 Å². The highest BCUT2D eigenvalue weighted by molar-refractivity contribution is 5.34. The monoisotopic (exact) mass is 416 g/mol. The van der Waals surface area contributed by atoms with Crippen LogP contribution in [-0.4, -0.2) is 21.8 Å². The number of benzene rings is 1. The largest absolute Gasteiger partial charge is 0.367 e. The van der Waals surface area contributed by atoms with Gasteiger partial charge in [0.05, 0.1) is 18.1 Å². The minimum Gasteiger partial charge on any atom is -0.367 e. The molecule has 4 saturated carbocycles. The molecular formula is C26H32N4O. The lowest BCUT2D eigenvalue weighted by Gasteiger charge is -2.42. The number of hydrogen-bond donors (Lipinski definition) is 1. The topological polar surface area (TPSA) is 74.6 Å². The summed E-state index contributed by atoms with van der Waals surface area (Å²) in [6.07, 6.45) is 11.1. The van der Waals surface area contributed by atoms with E-state index in [4.69, 9.17) is 14.8 Å². The summed E-state index contributed by atoms with van der Waals surface area (Å²) in [5.41, 5.74) is 0.244. The third-order valence-electron chi connectivity index (χ3n) is 8.23. The molecule has 0 saturated heterocycles. The highest BCUT2D eigenvalue weighted by Crippen LogP contribution is 2.54. The van der Waals surface area contributed by atoms with Crippen molar-refractivity contribution in [2.45, 2.75) is 81.1 Å². The van der Waals surface area contributed by atoms with Gasteiger partial charge >= 0.3 is 0 Å². The first-order chi connectivity index (χ1) is 15.2. The quantitative estimate of drug-likeness (QED) is 0.628. The summed E-state index contributed by atoms with van der Waals surface area (Å²) in [7, 11) is 0. The van der Waals surface area contributed by atoms with Crippen LogP contribution >= 0.6 is 0 Å². The van der Waals surface area contributed by atoms with Crippen LogP contribution in [0.4, 0.5) is 0 Å². The number of nitrogens with one attached hydrogen (secondary N) is 1. The summed E-state index contributed by atoms with van der Waals surface area (Å²) in [5, 5.41) is 18.2. The molecule has 0 unspecified atom stereocenters. The van der Waals surface area contributed by atoms with Gasteiger partial charge in [-0.05, 0) is 87.5 Å². The van der Waals surface area contributed by atoms with Gasteiger partial charge in [-0.2, -0.15) is 10.4 Å². The molecule has 1 aromatic heterocycles. The van der Waals surface area contributed by atoms with Gasteiger partial charge in [-0.3, -0.25) is 5.10 Å². The molecule has 0 atom stereocenters. The van der Waals surface area contributed by atoms with E-state index in [1.807, 2.05) is 18.2 Å². The van der Waals surface area contributed by atoms with Crippen molar-refractivity contribution in [1.82, 2.24) is 15.2 Å². The Kier molecular flexibility index (Phi) is 4.68. The van der Waals surface area contributed by atoms with Gasteiger partial charge in [-0.1, -0.05) is 30.3 Å². The molecule has 5 heteroatoms. The average molecular weight is 417 g/mol. The van der Waals surface area contributed by atoms with Crippen LogP contribution in [0.25, 0.3) is 0 Å². The minimum absolute atomic E-state index is 0.433. The second-order valence-corrected chi connectivity index (χ2v) is 10.6. The molecule has 4 fully saturated rings. The van der Waals surface area contributed by atoms with Gasteiger partial charge in [0.1, 0.15) is 11.4 Å². The van der Waals surface area contributed by atoms with E-state index in [0.29, 0.717) is 11.8 Å². The second-order valence-electron chi connectivity index (χ2n) is 10.6. The van der Waals surface area contributed by atoms with Crippen molar-refractivity contribution in [3.63, 3.8) is 0 Å². The van der Waals surface area contributed by atoms with Gasteiger partial charge in [-0.15, -0.1) is 0 Å². The average Bonchev–Trinajstić information content (AvgIpc) is 3.67. The molecule has 5 nitrogen and oxygen atoms in total. The maximum Gasteiger partial charge on any atom is 0.182 e. The van der Waals surface area contributed by atoms with Gasteiger partial charge in [0.2, 0.25) is 0 Å². The number of ether oxygens (including phenoxy) is 1. The second kappa shape index (κ2) is 7.45. The standard InChI is InChI=1S/C26H32N4O/c27-17-25(21-4-2-1-3-5-21)12-14-26(15-13-25,31-16-18-6-7-18)24-28-23(29-30-24)22(19-8-9-19)20-10-11-20/h1-5,18-20,22H,6-16H2,(H,28,29,30). The summed E-state index contributed by atoms with van der Waals surface area (Å²) in [6.45, 7) is 0.795. The molecule has 1 heterocycles. The van der Waals surface area contributed by atoms with Crippen LogP contribution in [0.5, 0.6) is 0 Å². The zero-order valence-corrected chi connectivity index (χ0v) is 18.2. The molecule has 2 aromatic rings. The molecular weight excluding hydrogens is 384 g/mol. The Balaban J connectivity index is 1.27. The van der Waals surface area contributed by atoms with E-state index in [9.17, 15) is 5.26 Å². The molecule has 4 aliphatic carbocycles. The Morgan fingerprint density at radius 2 is 1.68 bits per heavy atom. The lowest BCUT2D eigenvalue weighted by Crippen LogP contribution is -2.42. The first-order valence-corrected chi connectivity index (χ1v) is 12.2. The van der Waals surface area contributed by atoms with E-state index in [1.54, 1.807) is 0 Å². The van der Waals surface area contributed by atoms with E-state index in [0.717, 1.165) is 61.3 Å².